The number of amides is 1. The highest BCUT2D eigenvalue weighted by molar-refractivity contribution is 7.99. The zero-order valence-electron chi connectivity index (χ0n) is 17.6. The SMILES string of the molecule is Cn1c(SCC(=O)Nc2ccc(N3CCCCCC3)cc2)nnc1-c1ccc(Cl)cc1. The van der Waals surface area contributed by atoms with Gasteiger partial charge in [0.2, 0.25) is 5.91 Å². The van der Waals surface area contributed by atoms with Gasteiger partial charge in [-0.1, -0.05) is 36.2 Å². The summed E-state index contributed by atoms with van der Waals surface area (Å²) < 4.78 is 1.89. The maximum Gasteiger partial charge on any atom is 0.234 e. The molecule has 3 aromatic rings. The third-order valence-corrected chi connectivity index (χ3v) is 6.66. The smallest absolute Gasteiger partial charge is 0.234 e. The van der Waals surface area contributed by atoms with E-state index >= 15 is 0 Å². The molecule has 8 heteroatoms. The molecule has 1 saturated heterocycles. The van der Waals surface area contributed by atoms with E-state index in [1.807, 2.05) is 48.0 Å². The Balaban J connectivity index is 1.32. The molecule has 0 unspecified atom stereocenters. The minimum Gasteiger partial charge on any atom is -0.372 e. The predicted molar refractivity (Wildman–Crippen MR) is 128 cm³/mol. The van der Waals surface area contributed by atoms with Crippen LogP contribution in [0.5, 0.6) is 0 Å². The third-order valence-electron chi connectivity index (χ3n) is 5.39. The van der Waals surface area contributed by atoms with E-state index in [4.69, 9.17) is 11.6 Å². The average molecular weight is 456 g/mol. The molecule has 31 heavy (non-hydrogen) atoms. The monoisotopic (exact) mass is 455 g/mol. The fourth-order valence-electron chi connectivity index (χ4n) is 3.70. The molecule has 1 aromatic heterocycles. The number of carbonyl (C=O) groups is 1. The van der Waals surface area contributed by atoms with Gasteiger partial charge in [-0.15, -0.1) is 10.2 Å². The van der Waals surface area contributed by atoms with Crippen LogP contribution in [0, 0.1) is 0 Å². The Kier molecular flexibility index (Phi) is 7.14. The Morgan fingerprint density at radius 2 is 1.68 bits per heavy atom. The fraction of sp³-hybridized carbons (Fsp3) is 0.348. The van der Waals surface area contributed by atoms with E-state index in [1.54, 1.807) is 0 Å². The maximum absolute atomic E-state index is 12.4. The lowest BCUT2D eigenvalue weighted by molar-refractivity contribution is -0.113. The number of nitrogens with one attached hydrogen (secondary N) is 1. The molecule has 1 aliphatic rings. The molecule has 0 aliphatic carbocycles. The van der Waals surface area contributed by atoms with Crippen LogP contribution in [0.2, 0.25) is 5.02 Å². The van der Waals surface area contributed by atoms with E-state index in [1.165, 1.54) is 43.1 Å². The molecule has 162 valence electrons. The Bertz CT molecular complexity index is 1010. The van der Waals surface area contributed by atoms with Gasteiger partial charge in [0.1, 0.15) is 0 Å². The Labute approximate surface area is 192 Å². The van der Waals surface area contributed by atoms with Gasteiger partial charge in [0.25, 0.3) is 0 Å². The van der Waals surface area contributed by atoms with Gasteiger partial charge in [-0.2, -0.15) is 0 Å². The van der Waals surface area contributed by atoms with Crippen LogP contribution >= 0.6 is 23.4 Å². The van der Waals surface area contributed by atoms with E-state index in [9.17, 15) is 4.79 Å². The Morgan fingerprint density at radius 1 is 1.00 bits per heavy atom. The lowest BCUT2D eigenvalue weighted by Gasteiger charge is -2.22. The molecule has 4 rings (SSSR count). The minimum atomic E-state index is -0.0661. The van der Waals surface area contributed by atoms with Crippen LogP contribution in [-0.2, 0) is 11.8 Å². The third kappa shape index (κ3) is 5.60. The Morgan fingerprint density at radius 3 is 2.35 bits per heavy atom. The van der Waals surface area contributed by atoms with Crippen LogP contribution in [0.3, 0.4) is 0 Å². The van der Waals surface area contributed by atoms with E-state index < -0.39 is 0 Å². The number of nitrogens with zero attached hydrogens (tertiary/aromatic N) is 4. The van der Waals surface area contributed by atoms with Gasteiger partial charge < -0.3 is 14.8 Å². The molecule has 2 aromatic carbocycles. The van der Waals surface area contributed by atoms with Gasteiger partial charge in [-0.3, -0.25) is 4.79 Å². The predicted octanol–water partition coefficient (Wildman–Crippen LogP) is 5.25. The number of hydrogen-bond acceptors (Lipinski definition) is 5. The van der Waals surface area contributed by atoms with E-state index in [2.05, 4.69) is 32.5 Å². The molecular weight excluding hydrogens is 430 g/mol. The zero-order chi connectivity index (χ0) is 21.6. The van der Waals surface area contributed by atoms with E-state index in [0.717, 1.165) is 30.2 Å². The number of halogens is 1. The van der Waals surface area contributed by atoms with Crippen LogP contribution in [0.1, 0.15) is 25.7 Å². The van der Waals surface area contributed by atoms with Crippen LogP contribution in [0.15, 0.2) is 53.7 Å². The van der Waals surface area contributed by atoms with E-state index in [0.29, 0.717) is 10.2 Å². The topological polar surface area (TPSA) is 63.1 Å². The number of benzene rings is 2. The molecule has 0 radical (unpaired) electrons. The molecule has 6 nitrogen and oxygen atoms in total. The van der Waals surface area contributed by atoms with Crippen LogP contribution in [0.25, 0.3) is 11.4 Å². The van der Waals surface area contributed by atoms with Gasteiger partial charge in [-0.25, -0.2) is 0 Å². The number of rotatable bonds is 6. The summed E-state index contributed by atoms with van der Waals surface area (Å²) in [6, 6.07) is 15.6. The summed E-state index contributed by atoms with van der Waals surface area (Å²) in [5, 5.41) is 12.8. The van der Waals surface area contributed by atoms with Gasteiger partial charge in [-0.05, 0) is 61.4 Å². The van der Waals surface area contributed by atoms with Crippen molar-refractivity contribution in [2.75, 3.05) is 29.1 Å². The van der Waals surface area contributed by atoms with Crippen LogP contribution in [0.4, 0.5) is 11.4 Å². The number of aromatic nitrogens is 3. The quantitative estimate of drug-likeness (QED) is 0.514. The maximum atomic E-state index is 12.4. The summed E-state index contributed by atoms with van der Waals surface area (Å²) >= 11 is 7.32. The summed E-state index contributed by atoms with van der Waals surface area (Å²) in [6.45, 7) is 2.22. The highest BCUT2D eigenvalue weighted by atomic mass is 35.5. The van der Waals surface area contributed by atoms with Crippen molar-refractivity contribution in [2.45, 2.75) is 30.8 Å². The van der Waals surface area contributed by atoms with Crippen molar-refractivity contribution in [3.63, 3.8) is 0 Å². The van der Waals surface area contributed by atoms with Crippen LogP contribution in [-0.4, -0.2) is 39.5 Å². The lowest BCUT2D eigenvalue weighted by atomic mass is 10.2. The van der Waals surface area contributed by atoms with Crippen LogP contribution < -0.4 is 10.2 Å². The van der Waals surface area contributed by atoms with Gasteiger partial charge >= 0.3 is 0 Å². The molecule has 1 aliphatic heterocycles. The summed E-state index contributed by atoms with van der Waals surface area (Å²) in [5.41, 5.74) is 2.97. The number of thioether (sulfide) groups is 1. The highest BCUT2D eigenvalue weighted by Gasteiger charge is 2.14. The second-order valence-corrected chi connectivity index (χ2v) is 9.04. The molecule has 1 amide bonds. The summed E-state index contributed by atoms with van der Waals surface area (Å²) in [4.78, 5) is 14.9. The van der Waals surface area contributed by atoms with Crippen molar-refractivity contribution >= 4 is 40.6 Å². The lowest BCUT2D eigenvalue weighted by Crippen LogP contribution is -2.23. The van der Waals surface area contributed by atoms with Crippen molar-refractivity contribution < 1.29 is 4.79 Å². The minimum absolute atomic E-state index is 0.0661. The van der Waals surface area contributed by atoms with E-state index in [-0.39, 0.29) is 11.7 Å². The number of carbonyl (C=O) groups excluding carboxylic acids is 1. The molecule has 0 spiro atoms. The molecule has 0 bridgehead atoms. The normalized spacial score (nSPS) is 14.3. The fourth-order valence-corrected chi connectivity index (χ4v) is 4.54. The van der Waals surface area contributed by atoms with Gasteiger partial charge in [0.15, 0.2) is 11.0 Å². The largest absolute Gasteiger partial charge is 0.372 e. The highest BCUT2D eigenvalue weighted by Crippen LogP contribution is 2.25. The van der Waals surface area contributed by atoms with Gasteiger partial charge in [0, 0.05) is 42.1 Å². The van der Waals surface area contributed by atoms with Crippen molar-refractivity contribution in [3.8, 4) is 11.4 Å². The van der Waals surface area contributed by atoms with Crippen molar-refractivity contribution in [3.05, 3.63) is 53.6 Å². The summed E-state index contributed by atoms with van der Waals surface area (Å²) in [7, 11) is 1.89. The summed E-state index contributed by atoms with van der Waals surface area (Å²) in [6.07, 6.45) is 5.12. The zero-order valence-corrected chi connectivity index (χ0v) is 19.1. The molecule has 0 saturated carbocycles. The first kappa shape index (κ1) is 21.7. The number of hydrogen-bond donors (Lipinski definition) is 1. The second kappa shape index (κ2) is 10.2. The van der Waals surface area contributed by atoms with Crippen molar-refractivity contribution in [1.82, 2.24) is 14.8 Å². The molecule has 1 fully saturated rings. The average Bonchev–Trinajstić information content (AvgIpc) is 2.97. The summed E-state index contributed by atoms with van der Waals surface area (Å²) in [5.74, 6) is 0.938. The van der Waals surface area contributed by atoms with Gasteiger partial charge in [0.05, 0.1) is 5.75 Å². The molecule has 2 heterocycles. The first-order valence-electron chi connectivity index (χ1n) is 10.5. The first-order valence-corrected chi connectivity index (χ1v) is 11.9. The van der Waals surface area contributed by atoms with Crippen molar-refractivity contribution in [2.24, 2.45) is 7.05 Å². The molecular formula is C23H26ClN5OS. The standard InChI is InChI=1S/C23H26ClN5OS/c1-28-22(17-6-8-18(24)9-7-17)26-27-23(28)31-16-21(30)25-19-10-12-20(13-11-19)29-14-4-2-3-5-15-29/h6-13H,2-5,14-16H2,1H3,(H,25,30). The van der Waals surface area contributed by atoms with Crippen molar-refractivity contribution in [1.29, 1.82) is 0 Å². The molecule has 1 N–H and O–H groups in total. The molecule has 0 atom stereocenters. The second-order valence-electron chi connectivity index (χ2n) is 7.66. The first-order chi connectivity index (χ1) is 15.1. The Hall–Kier alpha value is -2.51. The number of anilines is 2.